The van der Waals surface area contributed by atoms with Gasteiger partial charge in [-0.15, -0.1) is 0 Å². The number of hydrogen-bond acceptors (Lipinski definition) is 7. The zero-order chi connectivity index (χ0) is 23.5. The largest absolute Gasteiger partial charge is 0.475 e. The minimum absolute atomic E-state index is 0. The summed E-state index contributed by atoms with van der Waals surface area (Å²) >= 11 is 0. The fourth-order valence-electron chi connectivity index (χ4n) is 2.99. The molecule has 12 heteroatoms. The molecular formula is C19H40BN5O6. The topological polar surface area (TPSA) is 180 Å². The number of amides is 1. The standard InChI is InChI=1S/C18H36BN5O6.CH4/c1-12(2)9-15(19(27)28)22-16(26)13(10-14(25)11-18(3,4)5)7-6-8-21-17(20)23-24(29)30;/h12-13,15,27-28H,6-11H2,1-5H3,(H,22,26)(H3,20,21,23);1H4/t13-,15+;/m1./s1. The summed E-state index contributed by atoms with van der Waals surface area (Å²) in [6.45, 7) is 9.73. The third kappa shape index (κ3) is 16.2. The molecule has 1 amide bonds. The number of guanidine groups is 1. The quantitative estimate of drug-likeness (QED) is 0.0696. The number of nitro groups is 1. The highest BCUT2D eigenvalue weighted by Gasteiger charge is 2.30. The summed E-state index contributed by atoms with van der Waals surface area (Å²) in [6.07, 6.45) is 1.38. The first kappa shape index (κ1) is 31.0. The Bertz CT molecular complexity index is 607. The van der Waals surface area contributed by atoms with Crippen molar-refractivity contribution < 1.29 is 24.7 Å². The van der Waals surface area contributed by atoms with Gasteiger partial charge in [-0.3, -0.25) is 9.59 Å². The van der Waals surface area contributed by atoms with Crippen molar-refractivity contribution in [2.75, 3.05) is 6.54 Å². The molecule has 0 aromatic rings. The predicted octanol–water partition coefficient (Wildman–Crippen LogP) is 1.05. The number of nitrogens with two attached hydrogens (primary N) is 1. The van der Waals surface area contributed by atoms with Gasteiger partial charge in [-0.2, -0.15) is 0 Å². The average Bonchev–Trinajstić information content (AvgIpc) is 2.53. The van der Waals surface area contributed by atoms with Crippen molar-refractivity contribution >= 4 is 24.8 Å². The number of aliphatic imine (C=N–C) groups is 1. The fourth-order valence-corrected chi connectivity index (χ4v) is 2.99. The van der Waals surface area contributed by atoms with Gasteiger partial charge in [0.05, 0.1) is 5.94 Å². The van der Waals surface area contributed by atoms with Crippen LogP contribution in [0.3, 0.4) is 0 Å². The molecule has 0 aromatic carbocycles. The molecule has 0 aliphatic carbocycles. The van der Waals surface area contributed by atoms with E-state index < -0.39 is 29.9 Å². The van der Waals surface area contributed by atoms with Crippen LogP contribution in [0, 0.1) is 27.4 Å². The molecule has 11 nitrogen and oxygen atoms in total. The number of ketones is 1. The summed E-state index contributed by atoms with van der Waals surface area (Å²) in [6, 6.07) is 0. The molecule has 180 valence electrons. The van der Waals surface area contributed by atoms with Gasteiger partial charge < -0.3 is 21.1 Å². The van der Waals surface area contributed by atoms with Crippen LogP contribution in [-0.4, -0.2) is 52.3 Å². The number of carbonyl (C=O) groups excluding carboxylic acids is 2. The van der Waals surface area contributed by atoms with Crippen molar-refractivity contribution in [1.82, 2.24) is 10.7 Å². The second-order valence-corrected chi connectivity index (χ2v) is 9.11. The Balaban J connectivity index is 0. The van der Waals surface area contributed by atoms with Crippen molar-refractivity contribution in [3.05, 3.63) is 10.1 Å². The first-order valence-electron chi connectivity index (χ1n) is 10.1. The lowest BCUT2D eigenvalue weighted by atomic mass is 9.74. The molecule has 0 fully saturated rings. The Morgan fingerprint density at radius 1 is 1.26 bits per heavy atom. The maximum absolute atomic E-state index is 12.8. The van der Waals surface area contributed by atoms with Crippen molar-refractivity contribution in [3.8, 4) is 0 Å². The second-order valence-electron chi connectivity index (χ2n) is 9.11. The van der Waals surface area contributed by atoms with E-state index in [1.54, 1.807) is 5.43 Å². The van der Waals surface area contributed by atoms with Gasteiger partial charge in [-0.25, -0.2) is 15.1 Å². The van der Waals surface area contributed by atoms with Gasteiger partial charge in [0.1, 0.15) is 5.78 Å². The smallest absolute Gasteiger partial charge is 0.426 e. The van der Waals surface area contributed by atoms with Gasteiger partial charge in [0.15, 0.2) is 5.03 Å². The third-order valence-corrected chi connectivity index (χ3v) is 4.18. The summed E-state index contributed by atoms with van der Waals surface area (Å²) in [7, 11) is -1.71. The zero-order valence-electron chi connectivity index (χ0n) is 18.6. The summed E-state index contributed by atoms with van der Waals surface area (Å²) in [5, 5.41) is 31.2. The van der Waals surface area contributed by atoms with Crippen LogP contribution < -0.4 is 16.5 Å². The third-order valence-electron chi connectivity index (χ3n) is 4.18. The highest BCUT2D eigenvalue weighted by Crippen LogP contribution is 2.23. The molecule has 6 N–H and O–H groups in total. The molecule has 0 bridgehead atoms. The molecule has 0 saturated heterocycles. The van der Waals surface area contributed by atoms with Gasteiger partial charge in [-0.05, 0) is 30.6 Å². The molecule has 0 radical (unpaired) electrons. The minimum atomic E-state index is -1.71. The van der Waals surface area contributed by atoms with Crippen molar-refractivity contribution in [2.45, 2.75) is 80.1 Å². The van der Waals surface area contributed by atoms with Crippen LogP contribution in [0.4, 0.5) is 0 Å². The Hall–Kier alpha value is -2.21. The Kier molecular flexibility index (Phi) is 14.7. The Morgan fingerprint density at radius 2 is 1.84 bits per heavy atom. The normalized spacial score (nSPS) is 13.7. The van der Waals surface area contributed by atoms with E-state index >= 15 is 0 Å². The first-order valence-corrected chi connectivity index (χ1v) is 10.1. The van der Waals surface area contributed by atoms with Crippen LogP contribution in [0.15, 0.2) is 4.99 Å². The van der Waals surface area contributed by atoms with Crippen LogP contribution in [0.1, 0.15) is 74.1 Å². The monoisotopic (exact) mass is 445 g/mol. The number of rotatable bonds is 13. The maximum atomic E-state index is 12.8. The lowest BCUT2D eigenvalue weighted by Gasteiger charge is -2.24. The molecule has 0 heterocycles. The molecule has 0 aliphatic rings. The molecular weight excluding hydrogens is 405 g/mol. The van der Waals surface area contributed by atoms with E-state index in [1.807, 2.05) is 34.6 Å². The van der Waals surface area contributed by atoms with Crippen molar-refractivity contribution in [1.29, 1.82) is 0 Å². The van der Waals surface area contributed by atoms with E-state index in [1.165, 1.54) is 0 Å². The molecule has 0 saturated carbocycles. The van der Waals surface area contributed by atoms with Crippen LogP contribution >= 0.6 is 0 Å². The minimum Gasteiger partial charge on any atom is -0.426 e. The van der Waals surface area contributed by atoms with Crippen LogP contribution in [0.25, 0.3) is 0 Å². The molecule has 0 unspecified atom stereocenters. The lowest BCUT2D eigenvalue weighted by Crippen LogP contribution is -2.49. The van der Waals surface area contributed by atoms with Crippen LogP contribution in [0.2, 0.25) is 0 Å². The van der Waals surface area contributed by atoms with Gasteiger partial charge in [0.2, 0.25) is 5.91 Å². The van der Waals surface area contributed by atoms with Crippen molar-refractivity contribution in [3.63, 3.8) is 0 Å². The summed E-state index contributed by atoms with van der Waals surface area (Å²) in [5.74, 6) is -2.22. The van der Waals surface area contributed by atoms with E-state index in [9.17, 15) is 29.8 Å². The highest BCUT2D eigenvalue weighted by atomic mass is 16.7. The molecule has 0 aromatic heterocycles. The van der Waals surface area contributed by atoms with Crippen LogP contribution in [0.5, 0.6) is 0 Å². The summed E-state index contributed by atoms with van der Waals surface area (Å²) in [5.41, 5.74) is 6.87. The molecule has 0 rings (SSSR count). The molecule has 31 heavy (non-hydrogen) atoms. The summed E-state index contributed by atoms with van der Waals surface area (Å²) < 4.78 is 0. The second kappa shape index (κ2) is 14.7. The van der Waals surface area contributed by atoms with Gasteiger partial charge in [-0.1, -0.05) is 47.5 Å². The average molecular weight is 445 g/mol. The van der Waals surface area contributed by atoms with Gasteiger partial charge >= 0.3 is 7.12 Å². The number of Topliss-reactive ketones (excluding diaryl/α,β-unsaturated/α-hetero) is 1. The highest BCUT2D eigenvalue weighted by molar-refractivity contribution is 6.43. The molecule has 0 aliphatic heterocycles. The van der Waals surface area contributed by atoms with Crippen molar-refractivity contribution in [2.24, 2.45) is 28.0 Å². The number of nitrogens with zero attached hydrogens (tertiary/aromatic N) is 2. The predicted molar refractivity (Wildman–Crippen MR) is 121 cm³/mol. The van der Waals surface area contributed by atoms with E-state index in [0.29, 0.717) is 25.7 Å². The molecule has 0 spiro atoms. The van der Waals surface area contributed by atoms with Crippen LogP contribution in [-0.2, 0) is 9.59 Å². The number of hydrazine groups is 1. The number of hydrogen-bond donors (Lipinski definition) is 5. The van der Waals surface area contributed by atoms with Gasteiger partial charge in [0, 0.05) is 25.3 Å². The summed E-state index contributed by atoms with van der Waals surface area (Å²) in [4.78, 5) is 39.3. The number of nitrogens with one attached hydrogen (secondary N) is 2. The SMILES string of the molecule is C.CC(C)C[C@H](NC(=O)[C@H](CCCN=C(N)N[N+](=O)[O-])CC(=O)CC(C)(C)C)B(O)O. The van der Waals surface area contributed by atoms with E-state index in [4.69, 9.17) is 5.73 Å². The molecule has 2 atom stereocenters. The van der Waals surface area contributed by atoms with E-state index in [-0.39, 0.29) is 43.5 Å². The lowest BCUT2D eigenvalue weighted by molar-refractivity contribution is -0.525. The fraction of sp³-hybridized carbons (Fsp3) is 0.842. The van der Waals surface area contributed by atoms with E-state index in [2.05, 4.69) is 10.3 Å². The first-order chi connectivity index (χ1) is 13.7. The maximum Gasteiger partial charge on any atom is 0.475 e. The zero-order valence-corrected chi connectivity index (χ0v) is 18.6. The van der Waals surface area contributed by atoms with E-state index in [0.717, 1.165) is 0 Å². The Labute approximate surface area is 185 Å². The van der Waals surface area contributed by atoms with Gasteiger partial charge in [0.25, 0.3) is 5.96 Å². The number of carbonyl (C=O) groups is 2. The Morgan fingerprint density at radius 3 is 2.29 bits per heavy atom.